The van der Waals surface area contributed by atoms with E-state index in [1.165, 1.54) is 31.2 Å². The molecular weight excluding hydrogens is 334 g/mol. The molecule has 1 aromatic rings. The number of nitrogens with zero attached hydrogens (tertiary/aromatic N) is 1. The van der Waals surface area contributed by atoms with Gasteiger partial charge in [0.1, 0.15) is 0 Å². The molecule has 2 aliphatic rings. The molecule has 3 rings (SSSR count). The summed E-state index contributed by atoms with van der Waals surface area (Å²) >= 11 is 1.67. The Balaban J connectivity index is 1.51. The minimum absolute atomic E-state index is 0.159. The number of carbonyl (C=O) groups is 2. The van der Waals surface area contributed by atoms with Crippen LogP contribution < -0.4 is 10.6 Å². The van der Waals surface area contributed by atoms with Crippen LogP contribution in [0.4, 0.5) is 0 Å². The van der Waals surface area contributed by atoms with Gasteiger partial charge in [-0.15, -0.1) is 0 Å². The monoisotopic (exact) mass is 363 g/mol. The second kappa shape index (κ2) is 9.34. The fourth-order valence-corrected chi connectivity index (χ4v) is 4.63. The van der Waals surface area contributed by atoms with Gasteiger partial charge in [-0.3, -0.25) is 14.5 Å². The smallest absolute Gasteiger partial charge is 0.309 e. The molecule has 1 atom stereocenters. The summed E-state index contributed by atoms with van der Waals surface area (Å²) in [5, 5.41) is 10.00. The molecule has 2 amide bonds. The van der Waals surface area contributed by atoms with Crippen molar-refractivity contribution in [1.82, 2.24) is 15.5 Å². The van der Waals surface area contributed by atoms with Crippen molar-refractivity contribution in [3.63, 3.8) is 0 Å². The topological polar surface area (TPSA) is 61.4 Å². The molecule has 0 bridgehead atoms. The third-order valence-electron chi connectivity index (χ3n) is 5.36. The van der Waals surface area contributed by atoms with Crippen molar-refractivity contribution in [2.75, 3.05) is 19.6 Å². The van der Waals surface area contributed by atoms with Gasteiger partial charge in [0.05, 0.1) is 6.04 Å². The van der Waals surface area contributed by atoms with Gasteiger partial charge in [-0.2, -0.15) is 11.3 Å². The second-order valence-electron chi connectivity index (χ2n) is 7.19. The molecule has 25 heavy (non-hydrogen) atoms. The van der Waals surface area contributed by atoms with Crippen LogP contribution in [0, 0.1) is 0 Å². The Hall–Kier alpha value is -1.40. The molecular formula is C19H29N3O2S. The molecule has 138 valence electrons. The van der Waals surface area contributed by atoms with Crippen molar-refractivity contribution in [3.8, 4) is 0 Å². The van der Waals surface area contributed by atoms with Gasteiger partial charge in [0.25, 0.3) is 0 Å². The Kier molecular flexibility index (Phi) is 6.87. The standard InChI is InChI=1S/C19H29N3O2S/c23-18(19(24)21-16-7-3-1-2-4-8-16)20-13-17(15-9-12-25-14-15)22-10-5-6-11-22/h9,12,14,16-17H,1-8,10-11,13H2,(H,20,23)(H,21,24). The van der Waals surface area contributed by atoms with E-state index in [4.69, 9.17) is 0 Å². The molecule has 1 aliphatic carbocycles. The first kappa shape index (κ1) is 18.4. The fraction of sp³-hybridized carbons (Fsp3) is 0.684. The maximum atomic E-state index is 12.3. The predicted octanol–water partition coefficient (Wildman–Crippen LogP) is 2.84. The molecule has 2 heterocycles. The highest BCUT2D eigenvalue weighted by Gasteiger charge is 2.26. The van der Waals surface area contributed by atoms with E-state index in [9.17, 15) is 9.59 Å². The lowest BCUT2D eigenvalue weighted by molar-refractivity contribution is -0.139. The van der Waals surface area contributed by atoms with Gasteiger partial charge >= 0.3 is 11.8 Å². The van der Waals surface area contributed by atoms with Gasteiger partial charge in [-0.25, -0.2) is 0 Å². The molecule has 1 saturated carbocycles. The maximum Gasteiger partial charge on any atom is 0.309 e. The number of rotatable bonds is 5. The Morgan fingerprint density at radius 2 is 1.80 bits per heavy atom. The molecule has 1 aromatic heterocycles. The maximum absolute atomic E-state index is 12.3. The van der Waals surface area contributed by atoms with Crippen LogP contribution in [-0.2, 0) is 9.59 Å². The lowest BCUT2D eigenvalue weighted by Gasteiger charge is -2.27. The van der Waals surface area contributed by atoms with Gasteiger partial charge in [0.2, 0.25) is 0 Å². The third-order valence-corrected chi connectivity index (χ3v) is 6.06. The zero-order chi connectivity index (χ0) is 17.5. The summed E-state index contributed by atoms with van der Waals surface area (Å²) < 4.78 is 0. The normalized spacial score (nSPS) is 20.8. The zero-order valence-corrected chi connectivity index (χ0v) is 15.7. The summed E-state index contributed by atoms with van der Waals surface area (Å²) in [6.45, 7) is 2.61. The first-order valence-electron chi connectivity index (χ1n) is 9.59. The first-order chi connectivity index (χ1) is 12.2. The molecule has 1 aliphatic heterocycles. The zero-order valence-electron chi connectivity index (χ0n) is 14.8. The fourth-order valence-electron chi connectivity index (χ4n) is 3.92. The van der Waals surface area contributed by atoms with Gasteiger partial charge in [-0.1, -0.05) is 25.7 Å². The number of nitrogens with one attached hydrogen (secondary N) is 2. The second-order valence-corrected chi connectivity index (χ2v) is 7.97. The van der Waals surface area contributed by atoms with E-state index in [-0.39, 0.29) is 12.1 Å². The minimum atomic E-state index is -0.497. The van der Waals surface area contributed by atoms with Crippen LogP contribution in [0.15, 0.2) is 16.8 Å². The SMILES string of the molecule is O=C(NCC(c1ccsc1)N1CCCC1)C(=O)NC1CCCCCC1. The largest absolute Gasteiger partial charge is 0.346 e. The molecule has 0 spiro atoms. The van der Waals surface area contributed by atoms with Crippen molar-refractivity contribution in [3.05, 3.63) is 22.4 Å². The van der Waals surface area contributed by atoms with Crippen molar-refractivity contribution in [2.24, 2.45) is 0 Å². The highest BCUT2D eigenvalue weighted by molar-refractivity contribution is 7.07. The van der Waals surface area contributed by atoms with E-state index in [0.29, 0.717) is 6.54 Å². The average molecular weight is 364 g/mol. The lowest BCUT2D eigenvalue weighted by atomic mass is 10.1. The van der Waals surface area contributed by atoms with Crippen LogP contribution in [0.2, 0.25) is 0 Å². The van der Waals surface area contributed by atoms with E-state index in [1.54, 1.807) is 11.3 Å². The summed E-state index contributed by atoms with van der Waals surface area (Å²) in [7, 11) is 0. The van der Waals surface area contributed by atoms with Gasteiger partial charge in [-0.05, 0) is 61.2 Å². The van der Waals surface area contributed by atoms with E-state index < -0.39 is 11.8 Å². The van der Waals surface area contributed by atoms with Crippen molar-refractivity contribution in [2.45, 2.75) is 63.5 Å². The average Bonchev–Trinajstić information content (AvgIpc) is 3.27. The molecule has 0 aromatic carbocycles. The summed E-state index contributed by atoms with van der Waals surface area (Å²) in [4.78, 5) is 26.9. The predicted molar refractivity (Wildman–Crippen MR) is 101 cm³/mol. The van der Waals surface area contributed by atoms with E-state index >= 15 is 0 Å². The van der Waals surface area contributed by atoms with Crippen molar-refractivity contribution < 1.29 is 9.59 Å². The first-order valence-corrected chi connectivity index (χ1v) is 10.5. The van der Waals surface area contributed by atoms with Crippen molar-refractivity contribution >= 4 is 23.2 Å². The molecule has 2 fully saturated rings. The number of hydrogen-bond donors (Lipinski definition) is 2. The Morgan fingerprint density at radius 1 is 1.08 bits per heavy atom. The Bertz CT molecular complexity index is 547. The molecule has 1 saturated heterocycles. The summed E-state index contributed by atoms with van der Waals surface area (Å²) in [6.07, 6.45) is 9.14. The lowest BCUT2D eigenvalue weighted by Crippen LogP contribution is -2.46. The van der Waals surface area contributed by atoms with Crippen LogP contribution >= 0.6 is 11.3 Å². The molecule has 2 N–H and O–H groups in total. The number of hydrogen-bond acceptors (Lipinski definition) is 4. The van der Waals surface area contributed by atoms with E-state index in [1.807, 2.05) is 0 Å². The molecule has 5 nitrogen and oxygen atoms in total. The van der Waals surface area contributed by atoms with Crippen LogP contribution in [0.1, 0.15) is 63.0 Å². The molecule has 0 radical (unpaired) electrons. The van der Waals surface area contributed by atoms with Crippen molar-refractivity contribution in [1.29, 1.82) is 0 Å². The number of amides is 2. The summed E-state index contributed by atoms with van der Waals surface area (Å²) in [5.41, 5.74) is 1.23. The van der Waals surface area contributed by atoms with Crippen LogP contribution in [0.5, 0.6) is 0 Å². The quantitative estimate of drug-likeness (QED) is 0.625. The van der Waals surface area contributed by atoms with Gasteiger partial charge < -0.3 is 10.6 Å². The third kappa shape index (κ3) is 5.28. The molecule has 6 heteroatoms. The molecule has 1 unspecified atom stereocenters. The van der Waals surface area contributed by atoms with E-state index in [2.05, 4.69) is 32.4 Å². The number of thiophene rings is 1. The Morgan fingerprint density at radius 3 is 2.44 bits per heavy atom. The summed E-state index contributed by atoms with van der Waals surface area (Å²) in [5.74, 6) is -0.971. The van der Waals surface area contributed by atoms with Crippen LogP contribution in [0.25, 0.3) is 0 Å². The highest BCUT2D eigenvalue weighted by atomic mass is 32.1. The van der Waals surface area contributed by atoms with Crippen LogP contribution in [-0.4, -0.2) is 42.4 Å². The van der Waals surface area contributed by atoms with E-state index in [0.717, 1.165) is 38.8 Å². The van der Waals surface area contributed by atoms with Gasteiger partial charge in [0.15, 0.2) is 0 Å². The van der Waals surface area contributed by atoms with Crippen LogP contribution in [0.3, 0.4) is 0 Å². The number of likely N-dealkylation sites (tertiary alicyclic amines) is 1. The highest BCUT2D eigenvalue weighted by Crippen LogP contribution is 2.26. The Labute approximate surface area is 154 Å². The summed E-state index contributed by atoms with van der Waals surface area (Å²) in [6, 6.07) is 2.45. The van der Waals surface area contributed by atoms with Gasteiger partial charge in [0, 0.05) is 12.6 Å². The number of carbonyl (C=O) groups excluding carboxylic acids is 2. The minimum Gasteiger partial charge on any atom is -0.346 e.